The van der Waals surface area contributed by atoms with Crippen molar-refractivity contribution in [3.63, 3.8) is 0 Å². The molecule has 1 atom stereocenters. The number of halogens is 1. The van der Waals surface area contributed by atoms with Crippen molar-refractivity contribution in [2.45, 2.75) is 32.2 Å². The van der Waals surface area contributed by atoms with Crippen LogP contribution in [0.5, 0.6) is 0 Å². The average molecular weight is 312 g/mol. The van der Waals surface area contributed by atoms with Crippen LogP contribution in [0.4, 0.5) is 5.69 Å². The fraction of sp³-hybridized carbons (Fsp3) is 0.467. The van der Waals surface area contributed by atoms with Crippen molar-refractivity contribution in [1.29, 1.82) is 0 Å². The van der Waals surface area contributed by atoms with Gasteiger partial charge in [-0.05, 0) is 24.6 Å². The van der Waals surface area contributed by atoms with Gasteiger partial charge in [-0.3, -0.25) is 9.59 Å². The smallest absolute Gasteiger partial charge is 0.254 e. The molecule has 1 aromatic rings. The number of nitrogens with one attached hydrogen (secondary N) is 1. The normalized spacial score (nSPS) is 11.9. The van der Waals surface area contributed by atoms with Crippen molar-refractivity contribution in [3.8, 4) is 0 Å². The molecule has 5 nitrogen and oxygen atoms in total. The number of carbonyl (C=O) groups excluding carboxylic acids is 2. The van der Waals surface area contributed by atoms with E-state index in [9.17, 15) is 9.59 Å². The summed E-state index contributed by atoms with van der Waals surface area (Å²) in [5.41, 5.74) is 6.68. The zero-order valence-electron chi connectivity index (χ0n) is 12.6. The Bertz CT molecular complexity index is 518. The monoisotopic (exact) mass is 311 g/mol. The Labute approximate surface area is 130 Å². The molecule has 116 valence electrons. The summed E-state index contributed by atoms with van der Waals surface area (Å²) >= 11 is 6.02. The van der Waals surface area contributed by atoms with Gasteiger partial charge in [0.15, 0.2) is 0 Å². The van der Waals surface area contributed by atoms with Crippen LogP contribution in [0, 0.1) is 0 Å². The quantitative estimate of drug-likeness (QED) is 0.847. The van der Waals surface area contributed by atoms with Gasteiger partial charge in [0.2, 0.25) is 5.91 Å². The third-order valence-corrected chi connectivity index (χ3v) is 3.41. The van der Waals surface area contributed by atoms with E-state index < -0.39 is 6.04 Å². The lowest BCUT2D eigenvalue weighted by atomic mass is 10.1. The summed E-state index contributed by atoms with van der Waals surface area (Å²) in [5, 5.41) is 3.07. The van der Waals surface area contributed by atoms with Crippen molar-refractivity contribution >= 4 is 29.1 Å². The van der Waals surface area contributed by atoms with E-state index in [-0.39, 0.29) is 11.8 Å². The Hall–Kier alpha value is -1.59. The molecule has 0 saturated carbocycles. The zero-order valence-corrected chi connectivity index (χ0v) is 13.4. The van der Waals surface area contributed by atoms with E-state index in [1.165, 1.54) is 4.90 Å². The Morgan fingerprint density at radius 1 is 1.38 bits per heavy atom. The number of nitrogens with two attached hydrogens (primary N) is 1. The van der Waals surface area contributed by atoms with Crippen LogP contribution in [0.2, 0.25) is 5.02 Å². The van der Waals surface area contributed by atoms with E-state index in [4.69, 9.17) is 17.3 Å². The lowest BCUT2D eigenvalue weighted by Gasteiger charge is -2.15. The Balaban J connectivity index is 2.83. The maximum Gasteiger partial charge on any atom is 0.254 e. The van der Waals surface area contributed by atoms with Crippen LogP contribution in [0.3, 0.4) is 0 Å². The summed E-state index contributed by atoms with van der Waals surface area (Å²) in [6.07, 6.45) is 2.53. The van der Waals surface area contributed by atoms with Crippen LogP contribution in [0.15, 0.2) is 18.2 Å². The summed E-state index contributed by atoms with van der Waals surface area (Å²) in [6.45, 7) is 2.04. The molecule has 0 aliphatic heterocycles. The van der Waals surface area contributed by atoms with Crippen molar-refractivity contribution in [2.24, 2.45) is 5.73 Å². The van der Waals surface area contributed by atoms with E-state index in [0.29, 0.717) is 22.7 Å². The van der Waals surface area contributed by atoms with E-state index >= 15 is 0 Å². The number of nitrogens with zero attached hydrogens (tertiary/aromatic N) is 1. The molecule has 0 aromatic heterocycles. The van der Waals surface area contributed by atoms with Crippen LogP contribution >= 0.6 is 11.6 Å². The second-order valence-electron chi connectivity index (χ2n) is 5.13. The molecule has 1 aromatic carbocycles. The topological polar surface area (TPSA) is 75.4 Å². The lowest BCUT2D eigenvalue weighted by Crippen LogP contribution is -2.35. The minimum absolute atomic E-state index is 0.216. The first-order valence-corrected chi connectivity index (χ1v) is 7.32. The summed E-state index contributed by atoms with van der Waals surface area (Å²) in [6, 6.07) is 4.26. The van der Waals surface area contributed by atoms with Crippen LogP contribution < -0.4 is 11.1 Å². The molecule has 0 aliphatic rings. The van der Waals surface area contributed by atoms with Gasteiger partial charge in [0, 0.05) is 19.8 Å². The molecule has 6 heteroatoms. The minimum atomic E-state index is -0.548. The summed E-state index contributed by atoms with van der Waals surface area (Å²) in [4.78, 5) is 25.4. The molecule has 0 unspecified atom stereocenters. The molecule has 0 saturated heterocycles. The van der Waals surface area contributed by atoms with Crippen molar-refractivity contribution in [1.82, 2.24) is 4.90 Å². The van der Waals surface area contributed by atoms with Crippen molar-refractivity contribution < 1.29 is 9.59 Å². The first-order valence-electron chi connectivity index (χ1n) is 6.94. The first kappa shape index (κ1) is 17.5. The van der Waals surface area contributed by atoms with Gasteiger partial charge < -0.3 is 16.0 Å². The highest BCUT2D eigenvalue weighted by molar-refractivity contribution is 6.34. The SMILES string of the molecule is CCCC[C@H](N)C(=O)Nc1ccc(Cl)c(C(=O)N(C)C)c1. The number of amides is 2. The summed E-state index contributed by atoms with van der Waals surface area (Å²) in [5.74, 6) is -0.472. The highest BCUT2D eigenvalue weighted by atomic mass is 35.5. The number of unbranched alkanes of at least 4 members (excludes halogenated alkanes) is 1. The molecular weight excluding hydrogens is 290 g/mol. The molecule has 1 rings (SSSR count). The van der Waals surface area contributed by atoms with Crippen LogP contribution in [-0.2, 0) is 4.79 Å². The van der Waals surface area contributed by atoms with Gasteiger partial charge in [-0.2, -0.15) is 0 Å². The minimum Gasteiger partial charge on any atom is -0.345 e. The first-order chi connectivity index (χ1) is 9.86. The molecule has 0 fully saturated rings. The van der Waals surface area contributed by atoms with Crippen LogP contribution in [0.1, 0.15) is 36.5 Å². The molecule has 0 aliphatic carbocycles. The lowest BCUT2D eigenvalue weighted by molar-refractivity contribution is -0.117. The molecule has 0 spiro atoms. The van der Waals surface area contributed by atoms with E-state index in [2.05, 4.69) is 5.32 Å². The maximum atomic E-state index is 12.0. The molecule has 0 radical (unpaired) electrons. The average Bonchev–Trinajstić information content (AvgIpc) is 2.45. The van der Waals surface area contributed by atoms with Gasteiger partial charge >= 0.3 is 0 Å². The number of rotatable bonds is 6. The molecule has 0 heterocycles. The van der Waals surface area contributed by atoms with Gasteiger partial charge in [0.25, 0.3) is 5.91 Å². The van der Waals surface area contributed by atoms with Gasteiger partial charge in [-0.1, -0.05) is 31.4 Å². The fourth-order valence-electron chi connectivity index (χ4n) is 1.80. The van der Waals surface area contributed by atoms with Crippen LogP contribution in [0.25, 0.3) is 0 Å². The van der Waals surface area contributed by atoms with E-state index in [0.717, 1.165) is 12.8 Å². The third-order valence-electron chi connectivity index (χ3n) is 3.08. The second kappa shape index (κ2) is 8.00. The standard InChI is InChI=1S/C15H22ClN3O2/c1-4-5-6-13(17)14(20)18-10-7-8-12(16)11(9-10)15(21)19(2)3/h7-9,13H,4-6,17H2,1-3H3,(H,18,20)/t13-/m0/s1. The van der Waals surface area contributed by atoms with Gasteiger partial charge in [-0.15, -0.1) is 0 Å². The number of carbonyl (C=O) groups is 2. The number of hydrogen-bond acceptors (Lipinski definition) is 3. The molecule has 21 heavy (non-hydrogen) atoms. The zero-order chi connectivity index (χ0) is 16.0. The Kier molecular flexibility index (Phi) is 6.65. The number of benzene rings is 1. The van der Waals surface area contributed by atoms with Crippen molar-refractivity contribution in [3.05, 3.63) is 28.8 Å². The molecular formula is C15H22ClN3O2. The predicted molar refractivity (Wildman–Crippen MR) is 85.6 cm³/mol. The second-order valence-corrected chi connectivity index (χ2v) is 5.54. The highest BCUT2D eigenvalue weighted by Crippen LogP contribution is 2.22. The summed E-state index contributed by atoms with van der Waals surface area (Å²) < 4.78 is 0. The van der Waals surface area contributed by atoms with Gasteiger partial charge in [0.1, 0.15) is 0 Å². The van der Waals surface area contributed by atoms with Gasteiger partial charge in [0.05, 0.1) is 16.6 Å². The largest absolute Gasteiger partial charge is 0.345 e. The predicted octanol–water partition coefficient (Wildman–Crippen LogP) is 2.50. The third kappa shape index (κ3) is 5.02. The number of anilines is 1. The molecule has 2 amide bonds. The van der Waals surface area contributed by atoms with Crippen molar-refractivity contribution in [2.75, 3.05) is 19.4 Å². The highest BCUT2D eigenvalue weighted by Gasteiger charge is 2.16. The van der Waals surface area contributed by atoms with E-state index in [1.807, 2.05) is 6.92 Å². The Morgan fingerprint density at radius 3 is 2.62 bits per heavy atom. The summed E-state index contributed by atoms with van der Waals surface area (Å²) in [7, 11) is 3.29. The Morgan fingerprint density at radius 2 is 2.05 bits per heavy atom. The van der Waals surface area contributed by atoms with Crippen LogP contribution in [-0.4, -0.2) is 36.9 Å². The number of hydrogen-bond donors (Lipinski definition) is 2. The molecule has 0 bridgehead atoms. The van der Waals surface area contributed by atoms with E-state index in [1.54, 1.807) is 32.3 Å². The fourth-order valence-corrected chi connectivity index (χ4v) is 2.00. The maximum absolute atomic E-state index is 12.0. The van der Waals surface area contributed by atoms with Gasteiger partial charge in [-0.25, -0.2) is 0 Å². The molecule has 3 N–H and O–H groups in total.